The SMILES string of the molecule is CC(C)CNCc1nnc(-c2cc(F)ccc2Br)s1. The van der Waals surface area contributed by atoms with E-state index in [9.17, 15) is 4.39 Å². The zero-order chi connectivity index (χ0) is 13.8. The van der Waals surface area contributed by atoms with Crippen molar-refractivity contribution in [2.24, 2.45) is 5.92 Å². The van der Waals surface area contributed by atoms with Gasteiger partial charge in [-0.2, -0.15) is 0 Å². The molecule has 0 aliphatic rings. The lowest BCUT2D eigenvalue weighted by atomic mass is 10.2. The number of hydrogen-bond acceptors (Lipinski definition) is 4. The van der Waals surface area contributed by atoms with Crippen LogP contribution in [0.5, 0.6) is 0 Å². The Morgan fingerprint density at radius 1 is 1.37 bits per heavy atom. The van der Waals surface area contributed by atoms with Crippen LogP contribution in [0.25, 0.3) is 10.6 Å². The average molecular weight is 344 g/mol. The molecule has 6 heteroatoms. The summed E-state index contributed by atoms with van der Waals surface area (Å²) in [6.07, 6.45) is 0. The topological polar surface area (TPSA) is 37.8 Å². The zero-order valence-corrected chi connectivity index (χ0v) is 13.2. The molecule has 0 unspecified atom stereocenters. The second-order valence-corrected chi connectivity index (χ2v) is 6.57. The van der Waals surface area contributed by atoms with Gasteiger partial charge in [-0.15, -0.1) is 10.2 Å². The van der Waals surface area contributed by atoms with E-state index < -0.39 is 0 Å². The molecule has 2 aromatic rings. The summed E-state index contributed by atoms with van der Waals surface area (Å²) >= 11 is 4.88. The third-order valence-electron chi connectivity index (χ3n) is 2.45. The van der Waals surface area contributed by atoms with Crippen molar-refractivity contribution in [1.29, 1.82) is 0 Å². The number of hydrogen-bond donors (Lipinski definition) is 1. The quantitative estimate of drug-likeness (QED) is 0.895. The van der Waals surface area contributed by atoms with E-state index in [0.29, 0.717) is 12.5 Å². The Labute approximate surface area is 124 Å². The van der Waals surface area contributed by atoms with Gasteiger partial charge in [0.15, 0.2) is 0 Å². The molecule has 2 rings (SSSR count). The summed E-state index contributed by atoms with van der Waals surface area (Å²) in [6.45, 7) is 5.95. The molecule has 1 N–H and O–H groups in total. The third kappa shape index (κ3) is 4.06. The van der Waals surface area contributed by atoms with Crippen LogP contribution >= 0.6 is 27.3 Å². The fraction of sp³-hybridized carbons (Fsp3) is 0.385. The van der Waals surface area contributed by atoms with Gasteiger partial charge < -0.3 is 5.32 Å². The first kappa shape index (κ1) is 14.6. The Bertz CT molecular complexity index is 557. The van der Waals surface area contributed by atoms with Gasteiger partial charge in [0.05, 0.1) is 0 Å². The number of rotatable bonds is 5. The summed E-state index contributed by atoms with van der Waals surface area (Å²) in [5, 5.41) is 13.2. The first-order valence-electron chi connectivity index (χ1n) is 6.05. The van der Waals surface area contributed by atoms with Crippen LogP contribution < -0.4 is 5.32 Å². The zero-order valence-electron chi connectivity index (χ0n) is 10.8. The molecule has 19 heavy (non-hydrogen) atoms. The summed E-state index contributed by atoms with van der Waals surface area (Å²) in [4.78, 5) is 0. The maximum Gasteiger partial charge on any atom is 0.149 e. The van der Waals surface area contributed by atoms with Gasteiger partial charge in [-0.3, -0.25) is 0 Å². The first-order valence-corrected chi connectivity index (χ1v) is 7.65. The van der Waals surface area contributed by atoms with Crippen molar-refractivity contribution < 1.29 is 4.39 Å². The van der Waals surface area contributed by atoms with E-state index >= 15 is 0 Å². The maximum atomic E-state index is 13.3. The van der Waals surface area contributed by atoms with Gasteiger partial charge in [-0.05, 0) is 30.7 Å². The van der Waals surface area contributed by atoms with Crippen LogP contribution in [0.2, 0.25) is 0 Å². The van der Waals surface area contributed by atoms with Gasteiger partial charge in [0.2, 0.25) is 0 Å². The highest BCUT2D eigenvalue weighted by atomic mass is 79.9. The molecule has 0 saturated carbocycles. The lowest BCUT2D eigenvalue weighted by Crippen LogP contribution is -2.18. The monoisotopic (exact) mass is 343 g/mol. The summed E-state index contributed by atoms with van der Waals surface area (Å²) in [5.74, 6) is 0.331. The average Bonchev–Trinajstić information content (AvgIpc) is 2.80. The fourth-order valence-electron chi connectivity index (χ4n) is 1.56. The van der Waals surface area contributed by atoms with Crippen molar-refractivity contribution in [2.45, 2.75) is 20.4 Å². The summed E-state index contributed by atoms with van der Waals surface area (Å²) < 4.78 is 14.1. The minimum atomic E-state index is -0.270. The van der Waals surface area contributed by atoms with Crippen LogP contribution in [0.3, 0.4) is 0 Å². The van der Waals surface area contributed by atoms with Gasteiger partial charge in [0, 0.05) is 16.6 Å². The van der Waals surface area contributed by atoms with Crippen LogP contribution in [0.4, 0.5) is 4.39 Å². The van der Waals surface area contributed by atoms with Gasteiger partial charge in [0.1, 0.15) is 15.8 Å². The maximum absolute atomic E-state index is 13.3. The first-order chi connectivity index (χ1) is 9.06. The molecular weight excluding hydrogens is 329 g/mol. The van der Waals surface area contributed by atoms with Crippen molar-refractivity contribution in [3.05, 3.63) is 33.5 Å². The lowest BCUT2D eigenvalue weighted by Gasteiger charge is -2.04. The van der Waals surface area contributed by atoms with Gasteiger partial charge >= 0.3 is 0 Å². The van der Waals surface area contributed by atoms with Crippen LogP contribution in [-0.2, 0) is 6.54 Å². The predicted octanol–water partition coefficient (Wildman–Crippen LogP) is 3.85. The van der Waals surface area contributed by atoms with Gasteiger partial charge in [-0.1, -0.05) is 41.1 Å². The molecule has 0 fully saturated rings. The van der Waals surface area contributed by atoms with Crippen molar-refractivity contribution in [3.8, 4) is 10.6 Å². The number of nitrogens with one attached hydrogen (secondary N) is 1. The lowest BCUT2D eigenvalue weighted by molar-refractivity contribution is 0.550. The van der Waals surface area contributed by atoms with E-state index in [4.69, 9.17) is 0 Å². The normalized spacial score (nSPS) is 11.2. The molecule has 0 spiro atoms. The molecule has 1 aromatic heterocycles. The van der Waals surface area contributed by atoms with Crippen molar-refractivity contribution in [1.82, 2.24) is 15.5 Å². The molecule has 1 heterocycles. The smallest absolute Gasteiger partial charge is 0.149 e. The Hall–Kier alpha value is -0.850. The minimum absolute atomic E-state index is 0.270. The highest BCUT2D eigenvalue weighted by molar-refractivity contribution is 9.10. The second-order valence-electron chi connectivity index (χ2n) is 4.65. The molecule has 0 aliphatic carbocycles. The standard InChI is InChI=1S/C13H15BrFN3S/c1-8(2)6-16-7-12-17-18-13(19-12)10-5-9(15)3-4-11(10)14/h3-5,8,16H,6-7H2,1-2H3. The van der Waals surface area contributed by atoms with E-state index in [1.165, 1.54) is 23.5 Å². The number of benzene rings is 1. The Morgan fingerprint density at radius 2 is 2.16 bits per heavy atom. The minimum Gasteiger partial charge on any atom is -0.310 e. The Kier molecular flexibility index (Phi) is 5.01. The number of halogens is 2. The third-order valence-corrected chi connectivity index (χ3v) is 4.10. The van der Waals surface area contributed by atoms with E-state index in [-0.39, 0.29) is 5.82 Å². The van der Waals surface area contributed by atoms with E-state index in [1.807, 2.05) is 0 Å². The predicted molar refractivity (Wildman–Crippen MR) is 79.5 cm³/mol. The number of nitrogens with zero attached hydrogens (tertiary/aromatic N) is 2. The second kappa shape index (κ2) is 6.54. The summed E-state index contributed by atoms with van der Waals surface area (Å²) in [5.41, 5.74) is 0.743. The van der Waals surface area contributed by atoms with Crippen molar-refractivity contribution in [2.75, 3.05) is 6.54 Å². The van der Waals surface area contributed by atoms with Gasteiger partial charge in [0.25, 0.3) is 0 Å². The molecule has 0 bridgehead atoms. The van der Waals surface area contributed by atoms with E-state index in [0.717, 1.165) is 26.6 Å². The van der Waals surface area contributed by atoms with Crippen LogP contribution in [0.15, 0.2) is 22.7 Å². The molecule has 0 atom stereocenters. The van der Waals surface area contributed by atoms with Crippen molar-refractivity contribution in [3.63, 3.8) is 0 Å². The molecule has 0 amide bonds. The Balaban J connectivity index is 2.10. The molecule has 0 radical (unpaired) electrons. The van der Waals surface area contributed by atoms with E-state index in [1.54, 1.807) is 6.07 Å². The molecule has 102 valence electrons. The van der Waals surface area contributed by atoms with Crippen LogP contribution in [0.1, 0.15) is 18.9 Å². The largest absolute Gasteiger partial charge is 0.310 e. The van der Waals surface area contributed by atoms with Gasteiger partial charge in [-0.25, -0.2) is 4.39 Å². The van der Waals surface area contributed by atoms with E-state index in [2.05, 4.69) is 45.3 Å². The summed E-state index contributed by atoms with van der Waals surface area (Å²) in [7, 11) is 0. The highest BCUT2D eigenvalue weighted by Crippen LogP contribution is 2.31. The molecular formula is C13H15BrFN3S. The Morgan fingerprint density at radius 3 is 2.89 bits per heavy atom. The molecule has 1 aromatic carbocycles. The molecule has 0 saturated heterocycles. The van der Waals surface area contributed by atoms with Crippen LogP contribution in [0, 0.1) is 11.7 Å². The fourth-order valence-corrected chi connectivity index (χ4v) is 2.97. The molecule has 3 nitrogen and oxygen atoms in total. The summed E-state index contributed by atoms with van der Waals surface area (Å²) in [6, 6.07) is 4.57. The van der Waals surface area contributed by atoms with Crippen LogP contribution in [-0.4, -0.2) is 16.7 Å². The number of aromatic nitrogens is 2. The molecule has 0 aliphatic heterocycles. The highest BCUT2D eigenvalue weighted by Gasteiger charge is 2.11. The van der Waals surface area contributed by atoms with Crippen molar-refractivity contribution >= 4 is 27.3 Å².